The Labute approximate surface area is 433 Å². The molecule has 2 bridgehead atoms. The van der Waals surface area contributed by atoms with Gasteiger partial charge in [0.1, 0.15) is 35.9 Å². The smallest absolute Gasteiger partial charge is 0.329 e. The highest BCUT2D eigenvalue weighted by Crippen LogP contribution is 2.40. The molecule has 1 amide bonds. The quantitative estimate of drug-likeness (QED) is 0.0589. The predicted molar refractivity (Wildman–Crippen MR) is 276 cm³/mol. The van der Waals surface area contributed by atoms with Crippen LogP contribution in [-0.2, 0) is 42.9 Å². The van der Waals surface area contributed by atoms with E-state index < -0.39 is 83.5 Å². The summed E-state index contributed by atoms with van der Waals surface area (Å²) in [6.07, 6.45) is 19.9. The predicted octanol–water partition coefficient (Wildman–Crippen LogP) is 7.41. The molecule has 404 valence electrons. The summed E-state index contributed by atoms with van der Waals surface area (Å²) in [6, 6.07) is 1.58. The maximum absolute atomic E-state index is 14.5. The van der Waals surface area contributed by atoms with Crippen molar-refractivity contribution < 1.29 is 62.7 Å². The van der Waals surface area contributed by atoms with Crippen molar-refractivity contribution >= 4 is 29.2 Å². The zero-order chi connectivity index (χ0) is 53.4. The van der Waals surface area contributed by atoms with Crippen LogP contribution in [0.2, 0.25) is 0 Å². The maximum Gasteiger partial charge on any atom is 0.329 e. The number of hydrogen-bond acceptors (Lipinski definition) is 14. The number of furan rings is 1. The van der Waals surface area contributed by atoms with Crippen LogP contribution in [0.3, 0.4) is 0 Å². The van der Waals surface area contributed by atoms with E-state index in [2.05, 4.69) is 5.92 Å². The fourth-order valence-electron chi connectivity index (χ4n) is 11.0. The molecule has 1 aromatic heterocycles. The lowest BCUT2D eigenvalue weighted by Gasteiger charge is -2.42. The molecule has 1 unspecified atom stereocenters. The molecule has 3 fully saturated rings. The van der Waals surface area contributed by atoms with Crippen LogP contribution in [0.15, 0.2) is 70.4 Å². The minimum Gasteiger partial charge on any atom is -0.469 e. The van der Waals surface area contributed by atoms with E-state index >= 15 is 0 Å². The molecule has 73 heavy (non-hydrogen) atoms. The number of fused-ring (bicyclic) bond motifs is 3. The number of unbranched alkanes of at least 4 members (excludes halogenated alkanes) is 2. The van der Waals surface area contributed by atoms with Crippen LogP contribution in [0.4, 0.5) is 0 Å². The van der Waals surface area contributed by atoms with E-state index in [1.165, 1.54) is 6.08 Å². The van der Waals surface area contributed by atoms with Gasteiger partial charge in [0.25, 0.3) is 11.7 Å². The standard InChI is InChI=1S/C58H84N2O13/c1-9-10-11-17-28-71-49-26-24-42(33-51(49)69-8)32-45(59)50-35-47(61)38(4)31-40(6)53(63)54(64)52(62)39(5)30-36(2)19-13-12-14-20-37(3)44(48-22-18-29-70-48)34-43-25-23-41(7)58(68,73-43)55(65)56(66)60-27-16-15-21-46(60)57(67)72-50/h1,12-14,18-20,22,29,31,36,38-39,41-46,49-51,53-54,63-64,68H,10-11,15-17,21,23-28,30,32-35,59H2,2-8H3/b14-12+,19-13+,37-20+,40-31+/t36-,38-,39-,41-,42+,43+,44?,45-,46+,49-,50+,51-,53-,54+,58-/m1/s1. The second kappa shape index (κ2) is 28.4. The molecular weight excluding hydrogens is 933 g/mol. The number of ether oxygens (including phenoxy) is 4. The van der Waals surface area contributed by atoms with Crippen LogP contribution in [0, 0.1) is 41.9 Å². The summed E-state index contributed by atoms with van der Waals surface area (Å²) in [7, 11) is 1.64. The minimum absolute atomic E-state index is 0.0263. The number of Topliss-reactive ketones (excluding diaryl/α,β-unsaturated/α-hetero) is 3. The molecule has 0 aromatic carbocycles. The van der Waals surface area contributed by atoms with Crippen LogP contribution in [-0.4, -0.2) is 124 Å². The first-order valence-electron chi connectivity index (χ1n) is 26.7. The van der Waals surface area contributed by atoms with Crippen molar-refractivity contribution in [2.24, 2.45) is 35.3 Å². The number of methoxy groups -OCH3 is 1. The van der Waals surface area contributed by atoms with E-state index in [1.54, 1.807) is 47.1 Å². The molecule has 15 heteroatoms. The van der Waals surface area contributed by atoms with Gasteiger partial charge in [-0.15, -0.1) is 12.3 Å². The van der Waals surface area contributed by atoms with Crippen molar-refractivity contribution in [2.45, 2.75) is 198 Å². The van der Waals surface area contributed by atoms with Gasteiger partial charge in [0.15, 0.2) is 5.78 Å². The molecule has 1 aliphatic carbocycles. The van der Waals surface area contributed by atoms with Crippen LogP contribution in [0.25, 0.3) is 0 Å². The number of hydrogen-bond donors (Lipinski definition) is 4. The second-order valence-electron chi connectivity index (χ2n) is 21.4. The highest BCUT2D eigenvalue weighted by molar-refractivity contribution is 6.39. The Hall–Kier alpha value is -4.53. The number of nitrogens with two attached hydrogens (primary N) is 1. The Kier molecular flexibility index (Phi) is 23.1. The van der Waals surface area contributed by atoms with Gasteiger partial charge in [0.2, 0.25) is 5.79 Å². The molecule has 0 spiro atoms. The summed E-state index contributed by atoms with van der Waals surface area (Å²) >= 11 is 0. The molecule has 15 atom stereocenters. The third-order valence-electron chi connectivity index (χ3n) is 15.7. The number of rotatable bonds is 10. The monoisotopic (exact) mass is 1020 g/mol. The molecule has 2 saturated heterocycles. The fraction of sp³-hybridized carbons (Fsp3) is 0.672. The zero-order valence-corrected chi connectivity index (χ0v) is 44.3. The first-order valence-corrected chi connectivity index (χ1v) is 26.7. The molecule has 15 nitrogen and oxygen atoms in total. The van der Waals surface area contributed by atoms with Gasteiger partial charge in [-0.25, -0.2) is 4.79 Å². The van der Waals surface area contributed by atoms with Crippen molar-refractivity contribution in [3.05, 3.63) is 71.8 Å². The van der Waals surface area contributed by atoms with Gasteiger partial charge in [-0.1, -0.05) is 69.7 Å². The second-order valence-corrected chi connectivity index (χ2v) is 21.4. The Morgan fingerprint density at radius 3 is 2.40 bits per heavy atom. The third-order valence-corrected chi connectivity index (χ3v) is 15.7. The lowest BCUT2D eigenvalue weighted by molar-refractivity contribution is -0.264. The van der Waals surface area contributed by atoms with E-state index in [9.17, 15) is 39.3 Å². The first-order chi connectivity index (χ1) is 34.8. The Bertz CT molecular complexity index is 2160. The van der Waals surface area contributed by atoms with Crippen molar-refractivity contribution in [1.82, 2.24) is 4.90 Å². The van der Waals surface area contributed by atoms with E-state index in [1.807, 2.05) is 50.3 Å². The molecule has 4 heterocycles. The number of cyclic esters (lactones) is 1. The number of amides is 1. The van der Waals surface area contributed by atoms with Gasteiger partial charge >= 0.3 is 5.97 Å². The topological polar surface area (TPSA) is 225 Å². The number of aliphatic hydroxyl groups excluding tert-OH is 2. The molecule has 5 rings (SSSR count). The summed E-state index contributed by atoms with van der Waals surface area (Å²) in [5, 5.41) is 34.5. The van der Waals surface area contributed by atoms with Gasteiger partial charge in [-0.2, -0.15) is 0 Å². The average molecular weight is 1020 g/mol. The largest absolute Gasteiger partial charge is 0.469 e. The van der Waals surface area contributed by atoms with Crippen molar-refractivity contribution in [3.8, 4) is 12.3 Å². The van der Waals surface area contributed by atoms with Crippen molar-refractivity contribution in [3.63, 3.8) is 0 Å². The minimum atomic E-state index is -2.48. The van der Waals surface area contributed by atoms with E-state index in [-0.39, 0.29) is 60.7 Å². The number of ketones is 3. The van der Waals surface area contributed by atoms with Gasteiger partial charge < -0.3 is 49.3 Å². The summed E-state index contributed by atoms with van der Waals surface area (Å²) in [5.74, 6) is -5.65. The Morgan fingerprint density at radius 1 is 0.918 bits per heavy atom. The average Bonchev–Trinajstić information content (AvgIpc) is 3.92. The van der Waals surface area contributed by atoms with E-state index in [0.717, 1.165) is 29.7 Å². The van der Waals surface area contributed by atoms with E-state index in [0.29, 0.717) is 76.6 Å². The first kappa shape index (κ1) is 59.3. The highest BCUT2D eigenvalue weighted by Gasteiger charge is 2.53. The molecule has 1 aromatic rings. The number of carbonyl (C=O) groups excluding carboxylic acids is 5. The van der Waals surface area contributed by atoms with Crippen LogP contribution in [0.1, 0.15) is 150 Å². The Morgan fingerprint density at radius 2 is 1.68 bits per heavy atom. The van der Waals surface area contributed by atoms with Crippen LogP contribution < -0.4 is 5.73 Å². The number of piperidine rings is 1. The summed E-state index contributed by atoms with van der Waals surface area (Å²) in [6.45, 7) is 11.1. The highest BCUT2D eigenvalue weighted by atomic mass is 16.6. The molecule has 1 saturated carbocycles. The van der Waals surface area contributed by atoms with Gasteiger partial charge in [0, 0.05) is 62.8 Å². The number of esters is 1. The molecular formula is C58H84N2O13. The van der Waals surface area contributed by atoms with Gasteiger partial charge in [-0.05, 0) is 127 Å². The molecule has 5 N–H and O–H groups in total. The third kappa shape index (κ3) is 16.2. The molecule has 0 radical (unpaired) electrons. The van der Waals surface area contributed by atoms with Crippen molar-refractivity contribution in [2.75, 3.05) is 20.3 Å². The number of carbonyl (C=O) groups is 5. The molecule has 3 aliphatic heterocycles. The van der Waals surface area contributed by atoms with Gasteiger partial charge in [-0.3, -0.25) is 19.2 Å². The number of allylic oxidation sites excluding steroid dienone is 7. The molecule has 4 aliphatic rings. The van der Waals surface area contributed by atoms with E-state index in [4.69, 9.17) is 35.5 Å². The summed E-state index contributed by atoms with van der Waals surface area (Å²) in [4.78, 5) is 72.2. The number of aliphatic hydroxyl groups is 3. The lowest BCUT2D eigenvalue weighted by atomic mass is 9.80. The van der Waals surface area contributed by atoms with Gasteiger partial charge in [0.05, 0.1) is 24.6 Å². The zero-order valence-electron chi connectivity index (χ0n) is 44.3. The fourth-order valence-corrected chi connectivity index (χ4v) is 11.0. The summed E-state index contributed by atoms with van der Waals surface area (Å²) in [5.41, 5.74) is 8.11. The number of terminal acetylenes is 1. The van der Waals surface area contributed by atoms with Crippen LogP contribution >= 0.6 is 0 Å². The SMILES string of the molecule is C#CCCCCO[C@@H]1CC[C@@H](C[C@@H](N)[C@@H]2CC(=O)[C@H](C)/C=C(\C)[C@@H](O)[C@@H](O)C(=O)[C@H](C)C[C@H](C)/C=C/C=C/C=C(\C)C(c3ccco3)C[C@@H]3CC[C@@H](C)[C@@](O)(O3)C(=O)C(=O)N3CCCC[C@H]3C(=O)O2)C[C@H]1OC. The summed E-state index contributed by atoms with van der Waals surface area (Å²) < 4.78 is 30.5. The number of nitrogens with zero attached hydrogens (tertiary/aromatic N) is 1. The van der Waals surface area contributed by atoms with Crippen molar-refractivity contribution in [1.29, 1.82) is 0 Å². The Balaban J connectivity index is 1.45. The normalized spacial score (nSPS) is 37.2. The lowest BCUT2D eigenvalue weighted by Crippen LogP contribution is -2.61. The maximum atomic E-state index is 14.5. The van der Waals surface area contributed by atoms with Crippen LogP contribution in [0.5, 0.6) is 0 Å².